The number of nitrogens with one attached hydrogen (secondary N) is 1. The van der Waals surface area contributed by atoms with E-state index in [-0.39, 0.29) is 23.0 Å². The van der Waals surface area contributed by atoms with E-state index in [1.807, 2.05) is 24.3 Å². The Labute approximate surface area is 162 Å². The molecule has 1 heterocycles. The second-order valence-corrected chi connectivity index (χ2v) is 7.98. The first-order valence-corrected chi connectivity index (χ1v) is 9.45. The number of piperidine rings is 1. The van der Waals surface area contributed by atoms with Gasteiger partial charge in [-0.05, 0) is 60.9 Å². The average Bonchev–Trinajstić information content (AvgIpc) is 2.62. The number of hydrogen-bond donors (Lipinski definition) is 2. The van der Waals surface area contributed by atoms with Gasteiger partial charge in [0.2, 0.25) is 0 Å². The van der Waals surface area contributed by atoms with E-state index in [1.54, 1.807) is 24.3 Å². The summed E-state index contributed by atoms with van der Waals surface area (Å²) in [6.45, 7) is 0.840. The molecule has 2 atom stereocenters. The molecule has 1 unspecified atom stereocenters. The van der Waals surface area contributed by atoms with E-state index in [4.69, 9.17) is 23.2 Å². The minimum Gasteiger partial charge on any atom is -0.508 e. The number of aromatic hydroxyl groups is 1. The van der Waals surface area contributed by atoms with Crippen molar-refractivity contribution in [1.82, 2.24) is 5.32 Å². The lowest BCUT2D eigenvalue weighted by Gasteiger charge is -2.46. The highest BCUT2D eigenvalue weighted by molar-refractivity contribution is 6.42. The van der Waals surface area contributed by atoms with Crippen LogP contribution in [0.3, 0.4) is 0 Å². The molecule has 1 saturated heterocycles. The van der Waals surface area contributed by atoms with Crippen molar-refractivity contribution in [3.8, 4) is 5.75 Å². The summed E-state index contributed by atoms with van der Waals surface area (Å²) in [4.78, 5) is 13.0. The van der Waals surface area contributed by atoms with Gasteiger partial charge in [-0.3, -0.25) is 4.79 Å². The highest BCUT2D eigenvalue weighted by Gasteiger charge is 2.46. The van der Waals surface area contributed by atoms with Crippen LogP contribution in [0.4, 0.5) is 0 Å². The van der Waals surface area contributed by atoms with Crippen molar-refractivity contribution < 1.29 is 9.90 Å². The third kappa shape index (κ3) is 3.16. The maximum absolute atomic E-state index is 13.0. The predicted molar refractivity (Wildman–Crippen MR) is 105 cm³/mol. The van der Waals surface area contributed by atoms with Crippen molar-refractivity contribution in [3.63, 3.8) is 0 Å². The van der Waals surface area contributed by atoms with E-state index in [0.717, 1.165) is 36.1 Å². The highest BCUT2D eigenvalue weighted by Crippen LogP contribution is 2.45. The van der Waals surface area contributed by atoms with Gasteiger partial charge in [-0.15, -0.1) is 0 Å². The quantitative estimate of drug-likeness (QED) is 0.731. The number of carbonyl (C=O) groups excluding carboxylic acids is 1. The second kappa shape index (κ2) is 6.73. The molecule has 0 aromatic heterocycles. The maximum Gasteiger partial charge on any atom is 0.161 e. The van der Waals surface area contributed by atoms with E-state index in [0.29, 0.717) is 16.5 Å². The van der Waals surface area contributed by atoms with Crippen LogP contribution in [0, 0.1) is 0 Å². The number of phenolic OH excluding ortho intramolecular Hbond substituents is 1. The molecule has 2 fully saturated rings. The molecule has 2 bridgehead atoms. The van der Waals surface area contributed by atoms with Gasteiger partial charge in [0.25, 0.3) is 0 Å². The molecule has 0 amide bonds. The summed E-state index contributed by atoms with van der Waals surface area (Å²) in [5.74, 6) is 0.388. The number of ketones is 1. The fourth-order valence-electron chi connectivity index (χ4n) is 4.20. The number of hydrogen-bond acceptors (Lipinski definition) is 3. The smallest absolute Gasteiger partial charge is 0.161 e. The number of phenols is 1. The topological polar surface area (TPSA) is 49.3 Å². The summed E-state index contributed by atoms with van der Waals surface area (Å²) in [6, 6.07) is 12.7. The molecule has 2 N–H and O–H groups in total. The number of carbonyl (C=O) groups is 1. The van der Waals surface area contributed by atoms with Gasteiger partial charge in [-0.2, -0.15) is 0 Å². The molecule has 134 valence electrons. The monoisotopic (exact) mass is 387 g/mol. The third-order valence-corrected chi connectivity index (χ3v) is 6.25. The lowest BCUT2D eigenvalue weighted by atomic mass is 9.62. The fourth-order valence-corrected chi connectivity index (χ4v) is 4.50. The molecule has 2 aliphatic rings. The SMILES string of the molecule is O=C1CC2(c3cccc(O)c3)CCN[C@@H](C2)/C1=C\c1ccc(Cl)c(Cl)c1. The molecule has 1 aliphatic heterocycles. The van der Waals surface area contributed by atoms with E-state index in [9.17, 15) is 9.90 Å². The number of fused-ring (bicyclic) bond motifs is 2. The van der Waals surface area contributed by atoms with Gasteiger partial charge < -0.3 is 10.4 Å². The van der Waals surface area contributed by atoms with Crippen molar-refractivity contribution in [3.05, 3.63) is 69.2 Å². The van der Waals surface area contributed by atoms with Crippen molar-refractivity contribution >= 4 is 35.1 Å². The molecular formula is C21H19Cl2NO2. The van der Waals surface area contributed by atoms with Crippen LogP contribution in [0.15, 0.2) is 48.0 Å². The normalized spacial score (nSPS) is 26.9. The standard InChI is InChI=1S/C21H19Cl2NO2/c22-17-5-4-13(9-18(17)23)8-16-19-11-21(6-7-24-19,12-20(16)26)14-2-1-3-15(25)10-14/h1-5,8-10,19,24-25H,6-7,11-12H2/b16-8+/t19-,21?/m0/s1. The predicted octanol–water partition coefficient (Wildman–Crippen LogP) is 4.75. The number of halogens is 2. The molecule has 5 heteroatoms. The minimum absolute atomic E-state index is 0.00167. The molecule has 26 heavy (non-hydrogen) atoms. The van der Waals surface area contributed by atoms with E-state index >= 15 is 0 Å². The van der Waals surface area contributed by atoms with Crippen molar-refractivity contribution in [2.75, 3.05) is 6.54 Å². The number of benzene rings is 2. The van der Waals surface area contributed by atoms with Crippen molar-refractivity contribution in [2.24, 2.45) is 0 Å². The number of Topliss-reactive ketones (excluding diaryl/α,β-unsaturated/α-hetero) is 1. The van der Waals surface area contributed by atoms with Gasteiger partial charge in [0.1, 0.15) is 5.75 Å². The van der Waals surface area contributed by atoms with Crippen LogP contribution < -0.4 is 5.32 Å². The summed E-state index contributed by atoms with van der Waals surface area (Å²) in [7, 11) is 0. The molecule has 3 nitrogen and oxygen atoms in total. The van der Waals surface area contributed by atoms with Gasteiger partial charge in [-0.25, -0.2) is 0 Å². The minimum atomic E-state index is -0.208. The number of rotatable bonds is 2. The first kappa shape index (κ1) is 17.6. The van der Waals surface area contributed by atoms with E-state index < -0.39 is 0 Å². The molecule has 0 radical (unpaired) electrons. The summed E-state index contributed by atoms with van der Waals surface area (Å²) >= 11 is 12.1. The Hall–Kier alpha value is -1.81. The van der Waals surface area contributed by atoms with Gasteiger partial charge in [-0.1, -0.05) is 41.4 Å². The van der Waals surface area contributed by atoms with Gasteiger partial charge in [0, 0.05) is 23.5 Å². The van der Waals surface area contributed by atoms with Crippen LogP contribution in [-0.4, -0.2) is 23.5 Å². The molecular weight excluding hydrogens is 369 g/mol. The maximum atomic E-state index is 13.0. The van der Waals surface area contributed by atoms with Crippen LogP contribution in [0.2, 0.25) is 10.0 Å². The largest absolute Gasteiger partial charge is 0.508 e. The van der Waals surface area contributed by atoms with Crippen LogP contribution >= 0.6 is 23.2 Å². The zero-order valence-electron chi connectivity index (χ0n) is 14.1. The fraction of sp³-hybridized carbons (Fsp3) is 0.286. The van der Waals surface area contributed by atoms with Gasteiger partial charge in [0.05, 0.1) is 10.0 Å². The Morgan fingerprint density at radius 3 is 2.77 bits per heavy atom. The second-order valence-electron chi connectivity index (χ2n) is 7.16. The molecule has 2 aromatic carbocycles. The Kier molecular flexibility index (Phi) is 4.55. The molecule has 0 spiro atoms. The van der Waals surface area contributed by atoms with Crippen LogP contribution in [0.25, 0.3) is 6.08 Å². The van der Waals surface area contributed by atoms with Gasteiger partial charge in [0.15, 0.2) is 5.78 Å². The summed E-state index contributed by atoms with van der Waals surface area (Å²) < 4.78 is 0. The summed E-state index contributed by atoms with van der Waals surface area (Å²) in [5.41, 5.74) is 2.51. The Morgan fingerprint density at radius 1 is 1.15 bits per heavy atom. The Balaban J connectivity index is 1.69. The Bertz CT molecular complexity index is 909. The first-order valence-electron chi connectivity index (χ1n) is 8.70. The third-order valence-electron chi connectivity index (χ3n) is 5.51. The summed E-state index contributed by atoms with van der Waals surface area (Å²) in [6.07, 6.45) is 4.11. The molecule has 4 rings (SSSR count). The lowest BCUT2D eigenvalue weighted by molar-refractivity contribution is -0.119. The van der Waals surface area contributed by atoms with Crippen LogP contribution in [-0.2, 0) is 10.2 Å². The zero-order chi connectivity index (χ0) is 18.3. The molecule has 2 aromatic rings. The van der Waals surface area contributed by atoms with E-state index in [2.05, 4.69) is 5.32 Å². The van der Waals surface area contributed by atoms with Crippen molar-refractivity contribution in [2.45, 2.75) is 30.7 Å². The van der Waals surface area contributed by atoms with Gasteiger partial charge >= 0.3 is 0 Å². The lowest BCUT2D eigenvalue weighted by Crippen LogP contribution is -2.53. The highest BCUT2D eigenvalue weighted by atomic mass is 35.5. The molecule has 1 aliphatic carbocycles. The zero-order valence-corrected chi connectivity index (χ0v) is 15.6. The first-order chi connectivity index (χ1) is 12.5. The average molecular weight is 388 g/mol. The molecule has 1 saturated carbocycles. The van der Waals surface area contributed by atoms with Crippen molar-refractivity contribution in [1.29, 1.82) is 0 Å². The van der Waals surface area contributed by atoms with E-state index in [1.165, 1.54) is 0 Å². The summed E-state index contributed by atoms with van der Waals surface area (Å²) in [5, 5.41) is 14.3. The van der Waals surface area contributed by atoms with Crippen LogP contribution in [0.5, 0.6) is 5.75 Å². The van der Waals surface area contributed by atoms with Crippen LogP contribution in [0.1, 0.15) is 30.4 Å². The Morgan fingerprint density at radius 2 is 2.00 bits per heavy atom.